The Morgan fingerprint density at radius 1 is 0.345 bits per heavy atom. The highest BCUT2D eigenvalue weighted by molar-refractivity contribution is 6.13. The molecule has 0 atom stereocenters. The van der Waals surface area contributed by atoms with E-state index in [4.69, 9.17) is 39.9 Å². The Hall–Kier alpha value is -11.1. The minimum atomic E-state index is -4.83. The van der Waals surface area contributed by atoms with Crippen molar-refractivity contribution in [3.8, 4) is 91.3 Å². The molecule has 0 bridgehead atoms. The van der Waals surface area contributed by atoms with Gasteiger partial charge in [-0.2, -0.15) is 23.7 Å². The second-order valence-corrected chi connectivity index (χ2v) is 20.6. The molecule has 0 spiro atoms. The Kier molecular flexibility index (Phi) is 12.4. The molecule has 0 saturated heterocycles. The second kappa shape index (κ2) is 19.9. The van der Waals surface area contributed by atoms with Crippen molar-refractivity contribution in [1.82, 2.24) is 68.9 Å². The van der Waals surface area contributed by atoms with Crippen molar-refractivity contribution in [1.29, 1.82) is 10.5 Å². The van der Waals surface area contributed by atoms with Crippen molar-refractivity contribution < 1.29 is 13.2 Å². The van der Waals surface area contributed by atoms with Crippen LogP contribution in [0, 0.1) is 78.1 Å². The molecule has 0 saturated carbocycles. The summed E-state index contributed by atoms with van der Waals surface area (Å²) in [5.41, 5.74) is 7.31. The van der Waals surface area contributed by atoms with E-state index in [2.05, 4.69) is 35.1 Å². The average molecular weight is 1110 g/mol. The Bertz CT molecular complexity index is 4750. The van der Waals surface area contributed by atoms with Crippen LogP contribution in [0.2, 0.25) is 0 Å². The van der Waals surface area contributed by atoms with E-state index in [0.717, 1.165) is 71.9 Å². The van der Waals surface area contributed by atoms with Crippen LogP contribution in [0.3, 0.4) is 0 Å². The summed E-state index contributed by atoms with van der Waals surface area (Å²) in [5.74, 6) is 6.54. The molecule has 0 aliphatic heterocycles. The van der Waals surface area contributed by atoms with Gasteiger partial charge in [-0.1, -0.05) is 12.1 Å². The number of halogens is 3. The number of aryl methyl sites for hydroxylation is 8. The first-order valence-corrected chi connectivity index (χ1v) is 26.6. The number of hydrogen-bond acceptors (Lipinski definition) is 14. The van der Waals surface area contributed by atoms with Gasteiger partial charge in [0.05, 0.1) is 56.6 Å². The van der Waals surface area contributed by atoms with Gasteiger partial charge in [0.25, 0.3) is 0 Å². The van der Waals surface area contributed by atoms with Crippen molar-refractivity contribution in [3.05, 3.63) is 191 Å². The molecule has 0 amide bonds. The van der Waals surface area contributed by atoms with Crippen molar-refractivity contribution in [2.24, 2.45) is 0 Å². The van der Waals surface area contributed by atoms with E-state index in [1.165, 1.54) is 12.1 Å². The molecule has 6 heterocycles. The van der Waals surface area contributed by atoms with E-state index in [1.807, 2.05) is 146 Å². The summed E-state index contributed by atoms with van der Waals surface area (Å²) < 4.78 is 49.8. The minimum absolute atomic E-state index is 0.140. The highest BCUT2D eigenvalue weighted by Gasteiger charge is 2.35. The van der Waals surface area contributed by atoms with Gasteiger partial charge in [0.1, 0.15) is 46.6 Å². The predicted molar refractivity (Wildman–Crippen MR) is 314 cm³/mol. The normalized spacial score (nSPS) is 11.7. The lowest BCUT2D eigenvalue weighted by atomic mass is 9.91. The number of aromatic nitrogens is 14. The third-order valence-corrected chi connectivity index (χ3v) is 14.7. The Labute approximate surface area is 477 Å². The Morgan fingerprint density at radius 3 is 1.10 bits per heavy atom. The summed E-state index contributed by atoms with van der Waals surface area (Å²) in [6, 6.07) is 42.3. The molecule has 84 heavy (non-hydrogen) atoms. The number of fused-ring (bicyclic) bond motifs is 6. The molecule has 7 aromatic carbocycles. The first-order valence-electron chi connectivity index (χ1n) is 26.6. The van der Waals surface area contributed by atoms with Crippen LogP contribution in [0.1, 0.15) is 63.3 Å². The van der Waals surface area contributed by atoms with Crippen LogP contribution in [0.25, 0.3) is 123 Å². The third kappa shape index (κ3) is 9.23. The summed E-state index contributed by atoms with van der Waals surface area (Å²) in [4.78, 5) is 55.3. The minimum Gasteiger partial charge on any atom is -0.309 e. The first-order chi connectivity index (χ1) is 40.4. The SMILES string of the molecule is Cc1nc(C)nc(-c2ccc3c(c2)c2cc(-c4nc(C)nc(C)n4)ccc2n3-c2ccc(C#N)c(-c3cc(-c4ccc(C#N)cc4C(F)(F)F)ccc3-n3c4ccc(-c5nc(C)nc(C)n5)cc4c4cc(-c5nc(C)nc(C)n5)ccc43)c2)n1. The predicted octanol–water partition coefficient (Wildman–Crippen LogP) is 13.9. The van der Waals surface area contributed by atoms with Crippen molar-refractivity contribution >= 4 is 43.6 Å². The highest BCUT2D eigenvalue weighted by atomic mass is 19.4. The quantitative estimate of drug-likeness (QED) is 0.138. The molecule has 0 N–H and O–H groups in total. The van der Waals surface area contributed by atoms with Crippen LogP contribution in [0.15, 0.2) is 127 Å². The number of hydrogen-bond donors (Lipinski definition) is 0. The zero-order chi connectivity index (χ0) is 58.5. The number of rotatable bonds is 8. The van der Waals surface area contributed by atoms with E-state index in [0.29, 0.717) is 92.4 Å². The van der Waals surface area contributed by atoms with Crippen molar-refractivity contribution in [2.45, 2.75) is 61.6 Å². The van der Waals surface area contributed by atoms with Crippen molar-refractivity contribution in [2.75, 3.05) is 0 Å². The fraction of sp³-hybridized carbons (Fsp3) is 0.138. The fourth-order valence-electron chi connectivity index (χ4n) is 11.3. The van der Waals surface area contributed by atoms with Gasteiger partial charge in [0.2, 0.25) is 0 Å². The number of nitriles is 2. The summed E-state index contributed by atoms with van der Waals surface area (Å²) in [5, 5.41) is 24.3. The number of alkyl halides is 3. The summed E-state index contributed by atoms with van der Waals surface area (Å²) >= 11 is 0. The van der Waals surface area contributed by atoms with Crippen LogP contribution >= 0.6 is 0 Å². The number of benzene rings is 7. The van der Waals surface area contributed by atoms with Crippen LogP contribution in [0.4, 0.5) is 13.2 Å². The van der Waals surface area contributed by atoms with E-state index in [-0.39, 0.29) is 22.3 Å². The first kappa shape index (κ1) is 52.3. The maximum absolute atomic E-state index is 15.2. The molecule has 0 aliphatic rings. The zero-order valence-corrected chi connectivity index (χ0v) is 46.4. The largest absolute Gasteiger partial charge is 0.417 e. The molecule has 0 aliphatic carbocycles. The summed E-state index contributed by atoms with van der Waals surface area (Å²) in [6.45, 7) is 14.6. The lowest BCUT2D eigenvalue weighted by Crippen LogP contribution is -2.08. The molecular weight excluding hydrogens is 1060 g/mol. The standard InChI is InChI=1S/C65H45F3N16/c1-32-71-33(2)76-61(75-32)42-12-19-56-51(25-42)52-26-43(62-77-34(3)72-35(4)78-62)13-20-57(52)83(56)47-16-10-46(31-70)49(29-47)50-24-41(48-17-9-40(30-69)23-55(48)65(66,67)68)11-18-58(50)84-59-21-14-44(63-79-36(5)73-37(6)80-63)27-53(59)54-28-45(15-22-60(54)84)64-81-38(7)74-39(8)82-64/h9-29H,1-8H3. The molecule has 6 aromatic heterocycles. The second-order valence-electron chi connectivity index (χ2n) is 20.6. The van der Waals surface area contributed by atoms with Crippen LogP contribution in [-0.2, 0) is 6.18 Å². The van der Waals surface area contributed by atoms with Gasteiger partial charge >= 0.3 is 6.18 Å². The lowest BCUT2D eigenvalue weighted by molar-refractivity contribution is -0.137. The molecular formula is C65H45F3N16. The molecule has 0 radical (unpaired) electrons. The third-order valence-electron chi connectivity index (χ3n) is 14.7. The lowest BCUT2D eigenvalue weighted by Gasteiger charge is -2.20. The molecule has 0 unspecified atom stereocenters. The van der Waals surface area contributed by atoms with Gasteiger partial charge in [0.15, 0.2) is 23.3 Å². The van der Waals surface area contributed by atoms with Gasteiger partial charge in [-0.3, -0.25) is 0 Å². The molecule has 19 heteroatoms. The maximum atomic E-state index is 15.2. The van der Waals surface area contributed by atoms with Crippen molar-refractivity contribution in [3.63, 3.8) is 0 Å². The zero-order valence-electron chi connectivity index (χ0n) is 46.4. The van der Waals surface area contributed by atoms with Gasteiger partial charge in [-0.15, -0.1) is 0 Å². The van der Waals surface area contributed by atoms with Gasteiger partial charge < -0.3 is 9.13 Å². The van der Waals surface area contributed by atoms with Gasteiger partial charge in [-0.05, 0) is 182 Å². The van der Waals surface area contributed by atoms with Gasteiger partial charge in [0, 0.05) is 60.6 Å². The maximum Gasteiger partial charge on any atom is 0.417 e. The fourth-order valence-corrected chi connectivity index (χ4v) is 11.3. The molecule has 13 rings (SSSR count). The van der Waals surface area contributed by atoms with Gasteiger partial charge in [-0.25, -0.2) is 59.8 Å². The van der Waals surface area contributed by atoms with Crippen LogP contribution < -0.4 is 0 Å². The smallest absolute Gasteiger partial charge is 0.309 e. The van der Waals surface area contributed by atoms with E-state index < -0.39 is 11.7 Å². The summed E-state index contributed by atoms with van der Waals surface area (Å²) in [6.07, 6.45) is -4.83. The van der Waals surface area contributed by atoms with Crippen LogP contribution in [-0.4, -0.2) is 68.9 Å². The highest BCUT2D eigenvalue weighted by Crippen LogP contribution is 2.45. The van der Waals surface area contributed by atoms with E-state index in [1.54, 1.807) is 24.3 Å². The molecule has 16 nitrogen and oxygen atoms in total. The van der Waals surface area contributed by atoms with E-state index in [9.17, 15) is 10.5 Å². The average Bonchev–Trinajstić information content (AvgIpc) is 1.71. The number of nitrogens with zero attached hydrogens (tertiary/aromatic N) is 16. The monoisotopic (exact) mass is 1110 g/mol. The molecule has 406 valence electrons. The molecule has 0 fully saturated rings. The topological polar surface area (TPSA) is 212 Å². The Balaban J connectivity index is 1.10. The molecule has 13 aromatic rings. The van der Waals surface area contributed by atoms with E-state index >= 15 is 13.2 Å². The Morgan fingerprint density at radius 2 is 0.726 bits per heavy atom. The summed E-state index contributed by atoms with van der Waals surface area (Å²) in [7, 11) is 0. The van der Waals surface area contributed by atoms with Crippen LogP contribution in [0.5, 0.6) is 0 Å².